The summed E-state index contributed by atoms with van der Waals surface area (Å²) in [7, 11) is 1.00. The van der Waals surface area contributed by atoms with Gasteiger partial charge >= 0.3 is 0 Å². The van der Waals surface area contributed by atoms with E-state index in [1.807, 2.05) is 0 Å². The van der Waals surface area contributed by atoms with Crippen LogP contribution in [0.25, 0.3) is 0 Å². The van der Waals surface area contributed by atoms with E-state index in [-0.39, 0.29) is 75.5 Å². The van der Waals surface area contributed by atoms with Crippen molar-refractivity contribution >= 4 is 11.6 Å². The normalized spacial score (nSPS) is 2.00. The fraction of sp³-hybridized carbons (Fsp3) is 1.00. The first-order valence-electron chi connectivity index (χ1n) is 0.825. The van der Waals surface area contributed by atoms with Crippen molar-refractivity contribution in [2.45, 2.75) is 0 Å². The van der Waals surface area contributed by atoms with Crippen LogP contribution in [0.15, 0.2) is 0 Å². The van der Waals surface area contributed by atoms with E-state index < -0.39 is 0 Å². The number of hydrogen-bond acceptors (Lipinski definition) is 1. The Morgan fingerprint density at radius 3 is 1.00 bits per heavy atom. The molecule has 0 heterocycles. The molecule has 0 bridgehead atoms. The third-order valence-electron chi connectivity index (χ3n) is 0. The first-order chi connectivity index (χ1) is 2.00. The molecule has 0 aliphatic rings. The van der Waals surface area contributed by atoms with Crippen molar-refractivity contribution in [2.24, 2.45) is 0 Å². The van der Waals surface area contributed by atoms with Crippen molar-refractivity contribution in [3.05, 3.63) is 0 Å². The smallest absolute Gasteiger partial charge is 0.0319 e. The van der Waals surface area contributed by atoms with Crippen LogP contribution >= 0.6 is 11.6 Å². The molecule has 0 atom stereocenters. The van der Waals surface area contributed by atoms with E-state index in [0.29, 0.717) is 0 Å². The molecule has 4 heteroatoms. The molecule has 0 aromatic carbocycles. The topological polar surface area (TPSA) is 20.2 Å². The molecule has 0 amide bonds. The van der Waals surface area contributed by atoms with Gasteiger partial charge in [0.2, 0.25) is 0 Å². The Kier molecular flexibility index (Phi) is 180. The Bertz CT molecular complexity index is 11.5. The van der Waals surface area contributed by atoms with Gasteiger partial charge in [0, 0.05) is 89.0 Å². The molecule has 0 aliphatic carbocycles. The van der Waals surface area contributed by atoms with Crippen molar-refractivity contribution in [1.29, 1.82) is 0 Å². The summed E-state index contributed by atoms with van der Waals surface area (Å²) in [6.07, 6.45) is 1.47. The van der Waals surface area contributed by atoms with Gasteiger partial charge in [-0.2, -0.15) is 0 Å². The maximum atomic E-state index is 7.00. The summed E-state index contributed by atoms with van der Waals surface area (Å²) >= 11 is 4.64. The summed E-state index contributed by atoms with van der Waals surface area (Å²) in [6, 6.07) is 0. The molecule has 0 aromatic heterocycles. The zero-order valence-electron chi connectivity index (χ0n) is 3.53. The van der Waals surface area contributed by atoms with E-state index in [2.05, 4.69) is 11.6 Å². The molecule has 1 nitrogen and oxygen atoms in total. The number of aliphatic hydroxyl groups excluding tert-OH is 1. The van der Waals surface area contributed by atoms with Gasteiger partial charge in [0.05, 0.1) is 0 Å². The van der Waals surface area contributed by atoms with Gasteiger partial charge in [-0.3, -0.25) is 0 Å². The van der Waals surface area contributed by atoms with Gasteiger partial charge in [-0.15, -0.1) is 11.6 Å². The van der Waals surface area contributed by atoms with E-state index in [1.165, 1.54) is 6.38 Å². The van der Waals surface area contributed by atoms with Gasteiger partial charge < -0.3 is 5.11 Å². The van der Waals surface area contributed by atoms with Crippen molar-refractivity contribution in [3.63, 3.8) is 0 Å². The van der Waals surface area contributed by atoms with E-state index >= 15 is 0 Å². The SMILES string of the molecule is CCl.CO.[Ar].[Ar]. The quantitative estimate of drug-likeness (QED) is 0.513. The molecule has 0 rings (SSSR count). The molecular weight excluding hydrogens is 155 g/mol. The van der Waals surface area contributed by atoms with E-state index in [4.69, 9.17) is 5.11 Å². The molecule has 0 unspecified atom stereocenters. The second kappa shape index (κ2) is 46.4. The Hall–Kier alpha value is 2.77. The predicted molar refractivity (Wildman–Crippen MR) is 19.9 cm³/mol. The molecule has 0 saturated heterocycles. The molecule has 44 valence electrons. The van der Waals surface area contributed by atoms with Crippen LogP contribution in [0.3, 0.4) is 0 Å². The summed E-state index contributed by atoms with van der Waals surface area (Å²) < 4.78 is 0. The largest absolute Gasteiger partial charge is 0.400 e. The molecule has 1 N–H and O–H groups in total. The van der Waals surface area contributed by atoms with Crippen molar-refractivity contribution in [2.75, 3.05) is 13.5 Å². The van der Waals surface area contributed by atoms with Gasteiger partial charge in [0.25, 0.3) is 0 Å². The summed E-state index contributed by atoms with van der Waals surface area (Å²) in [6.45, 7) is 0. The van der Waals surface area contributed by atoms with Crippen LogP contribution in [-0.4, -0.2) is 18.6 Å². The van der Waals surface area contributed by atoms with Gasteiger partial charge in [0.15, 0.2) is 0 Å². The van der Waals surface area contributed by atoms with E-state index in [0.717, 1.165) is 7.11 Å². The third kappa shape index (κ3) is 29.4. The van der Waals surface area contributed by atoms with Crippen LogP contribution in [0, 0.1) is 75.5 Å². The molecule has 6 heavy (non-hydrogen) atoms. The summed E-state index contributed by atoms with van der Waals surface area (Å²) in [5, 5.41) is 7.00. The van der Waals surface area contributed by atoms with E-state index in [1.54, 1.807) is 0 Å². The van der Waals surface area contributed by atoms with Crippen LogP contribution < -0.4 is 0 Å². The number of aliphatic hydroxyl groups is 1. The number of alkyl halides is 1. The monoisotopic (exact) mass is 162 g/mol. The first kappa shape index (κ1) is 23.3. The van der Waals surface area contributed by atoms with Crippen molar-refractivity contribution < 1.29 is 80.6 Å². The number of hydrogen-bond donors (Lipinski definition) is 1. The fourth-order valence-electron chi connectivity index (χ4n) is 0. The zero-order valence-corrected chi connectivity index (χ0v) is 5.70. The maximum absolute atomic E-state index is 7.00. The second-order valence-corrected chi connectivity index (χ2v) is 0. The molecule has 0 spiro atoms. The van der Waals surface area contributed by atoms with Gasteiger partial charge in [-0.25, -0.2) is 0 Å². The molecular formula is C2H7Ar2ClO. The van der Waals surface area contributed by atoms with Crippen LogP contribution in [0.5, 0.6) is 0 Å². The van der Waals surface area contributed by atoms with E-state index in [9.17, 15) is 0 Å². The van der Waals surface area contributed by atoms with Crippen LogP contribution in [0.1, 0.15) is 0 Å². The number of rotatable bonds is 0. The Balaban J connectivity index is -0.00000000500. The van der Waals surface area contributed by atoms with Crippen molar-refractivity contribution in [1.82, 2.24) is 0 Å². The van der Waals surface area contributed by atoms with Crippen LogP contribution in [-0.2, 0) is 0 Å². The average molecular weight is 162 g/mol. The zero-order chi connectivity index (χ0) is 4.00. The third-order valence-corrected chi connectivity index (χ3v) is 0. The minimum Gasteiger partial charge on any atom is -0.400 e. The maximum Gasteiger partial charge on any atom is 0.0319 e. The fourth-order valence-corrected chi connectivity index (χ4v) is 0. The Labute approximate surface area is 103 Å². The van der Waals surface area contributed by atoms with Crippen LogP contribution in [0.4, 0.5) is 0 Å². The minimum absolute atomic E-state index is 0. The van der Waals surface area contributed by atoms with Gasteiger partial charge in [-0.1, -0.05) is 0 Å². The summed E-state index contributed by atoms with van der Waals surface area (Å²) in [5.41, 5.74) is 0. The van der Waals surface area contributed by atoms with Gasteiger partial charge in [0.1, 0.15) is 0 Å². The summed E-state index contributed by atoms with van der Waals surface area (Å²) in [4.78, 5) is 0. The summed E-state index contributed by atoms with van der Waals surface area (Å²) in [5.74, 6) is 0. The molecule has 0 saturated carbocycles. The molecule has 0 aromatic rings. The van der Waals surface area contributed by atoms with Crippen molar-refractivity contribution in [3.8, 4) is 0 Å². The second-order valence-electron chi connectivity index (χ2n) is 0. The average Bonchev–Trinajstić information content (AvgIpc) is 1.50. The Morgan fingerprint density at radius 2 is 1.00 bits per heavy atom. The molecule has 0 fully saturated rings. The van der Waals surface area contributed by atoms with Gasteiger partial charge in [-0.05, 0) is 0 Å². The Morgan fingerprint density at radius 1 is 1.00 bits per heavy atom. The van der Waals surface area contributed by atoms with Crippen LogP contribution in [0.2, 0.25) is 0 Å². The minimum atomic E-state index is 0. The standard InChI is InChI=1S/CH3Cl.CH4O.2Ar/c2*1-2;;/h1H3;2H,1H3;;. The number of halogens is 1. The molecule has 0 aliphatic heterocycles. The molecule has 0 radical (unpaired) electrons. The predicted octanol–water partition coefficient (Wildman–Crippen LogP) is 0.463. The first-order valence-corrected chi connectivity index (χ1v) is 1.58.